The van der Waals surface area contributed by atoms with Crippen molar-refractivity contribution in [3.63, 3.8) is 0 Å². The Kier molecular flexibility index (Phi) is 9.16. The van der Waals surface area contributed by atoms with Gasteiger partial charge in [0.25, 0.3) is 0 Å². The van der Waals surface area contributed by atoms with E-state index in [1.54, 1.807) is 0 Å². The van der Waals surface area contributed by atoms with Crippen molar-refractivity contribution in [2.75, 3.05) is 18.3 Å². The van der Waals surface area contributed by atoms with Crippen LogP contribution in [0.3, 0.4) is 0 Å². The van der Waals surface area contributed by atoms with Gasteiger partial charge < -0.3 is 5.32 Å². The van der Waals surface area contributed by atoms with Crippen molar-refractivity contribution in [1.82, 2.24) is 5.32 Å². The van der Waals surface area contributed by atoms with Gasteiger partial charge in [-0.1, -0.05) is 33.1 Å². The van der Waals surface area contributed by atoms with Crippen molar-refractivity contribution < 1.29 is 0 Å². The van der Waals surface area contributed by atoms with Crippen LogP contribution in [0.2, 0.25) is 0 Å². The van der Waals surface area contributed by atoms with E-state index in [4.69, 9.17) is 23.2 Å². The SMILES string of the molecule is CCCCCCNC(CC)(CCl)CCl. The molecule has 0 aliphatic heterocycles. The summed E-state index contributed by atoms with van der Waals surface area (Å²) in [6.07, 6.45) is 6.12. The Morgan fingerprint density at radius 3 is 2.07 bits per heavy atom. The van der Waals surface area contributed by atoms with Crippen LogP contribution in [0.15, 0.2) is 0 Å². The van der Waals surface area contributed by atoms with E-state index >= 15 is 0 Å². The van der Waals surface area contributed by atoms with Crippen LogP contribution in [0.5, 0.6) is 0 Å². The minimum atomic E-state index is -0.0463. The fourth-order valence-corrected chi connectivity index (χ4v) is 2.20. The average Bonchev–Trinajstić information content (AvgIpc) is 2.24. The summed E-state index contributed by atoms with van der Waals surface area (Å²) in [6.45, 7) is 5.39. The fraction of sp³-hybridized carbons (Fsp3) is 1.00. The molecule has 14 heavy (non-hydrogen) atoms. The van der Waals surface area contributed by atoms with Gasteiger partial charge in [0, 0.05) is 17.3 Å². The van der Waals surface area contributed by atoms with Crippen molar-refractivity contribution in [3.05, 3.63) is 0 Å². The molecule has 86 valence electrons. The molecule has 0 aromatic rings. The van der Waals surface area contributed by atoms with Gasteiger partial charge in [0.2, 0.25) is 0 Å². The Balaban J connectivity index is 3.61. The number of hydrogen-bond donors (Lipinski definition) is 1. The molecule has 0 aromatic carbocycles. The van der Waals surface area contributed by atoms with Crippen LogP contribution in [0, 0.1) is 0 Å². The summed E-state index contributed by atoms with van der Waals surface area (Å²) in [5.41, 5.74) is -0.0463. The summed E-state index contributed by atoms with van der Waals surface area (Å²) in [5, 5.41) is 3.48. The van der Waals surface area contributed by atoms with Crippen LogP contribution in [0.4, 0.5) is 0 Å². The summed E-state index contributed by atoms with van der Waals surface area (Å²) < 4.78 is 0. The van der Waals surface area contributed by atoms with Crippen molar-refractivity contribution in [3.8, 4) is 0 Å². The van der Waals surface area contributed by atoms with Crippen LogP contribution in [-0.2, 0) is 0 Å². The maximum absolute atomic E-state index is 5.92. The number of halogens is 2. The van der Waals surface area contributed by atoms with E-state index in [1.807, 2.05) is 0 Å². The Labute approximate surface area is 98.5 Å². The second-order valence-electron chi connectivity index (χ2n) is 3.89. The molecule has 0 amide bonds. The first-order valence-corrected chi connectivity index (χ1v) is 6.68. The number of alkyl halides is 2. The predicted molar refractivity (Wildman–Crippen MR) is 66.6 cm³/mol. The maximum Gasteiger partial charge on any atom is 0.0451 e. The minimum absolute atomic E-state index is 0.0463. The lowest BCUT2D eigenvalue weighted by Gasteiger charge is -2.29. The zero-order chi connectivity index (χ0) is 10.9. The molecule has 0 aromatic heterocycles. The number of hydrogen-bond acceptors (Lipinski definition) is 1. The largest absolute Gasteiger partial charge is 0.309 e. The Hall–Kier alpha value is 0.540. The molecule has 0 spiro atoms. The average molecular weight is 240 g/mol. The molecule has 1 nitrogen and oxygen atoms in total. The third-order valence-corrected chi connectivity index (χ3v) is 3.74. The van der Waals surface area contributed by atoms with Crippen molar-refractivity contribution in [1.29, 1.82) is 0 Å². The molecular weight excluding hydrogens is 217 g/mol. The van der Waals surface area contributed by atoms with E-state index in [2.05, 4.69) is 19.2 Å². The van der Waals surface area contributed by atoms with Gasteiger partial charge in [0.1, 0.15) is 0 Å². The molecule has 0 unspecified atom stereocenters. The van der Waals surface area contributed by atoms with E-state index in [0.717, 1.165) is 13.0 Å². The Bertz CT molecular complexity index is 116. The van der Waals surface area contributed by atoms with Crippen LogP contribution in [0.25, 0.3) is 0 Å². The van der Waals surface area contributed by atoms with Crippen molar-refractivity contribution >= 4 is 23.2 Å². The smallest absolute Gasteiger partial charge is 0.0451 e. The fourth-order valence-electron chi connectivity index (χ4n) is 1.35. The second-order valence-corrected chi connectivity index (χ2v) is 4.42. The van der Waals surface area contributed by atoms with Gasteiger partial charge in [-0.05, 0) is 19.4 Å². The minimum Gasteiger partial charge on any atom is -0.309 e. The standard InChI is InChI=1S/C11H23Cl2N/c1-3-5-6-7-8-14-11(4-2,9-12)10-13/h14H,3-10H2,1-2H3. The van der Waals surface area contributed by atoms with Gasteiger partial charge in [-0.2, -0.15) is 0 Å². The molecule has 0 radical (unpaired) electrons. The molecule has 0 saturated heterocycles. The molecule has 0 rings (SSSR count). The zero-order valence-electron chi connectivity index (χ0n) is 9.41. The van der Waals surface area contributed by atoms with E-state index in [-0.39, 0.29) is 5.54 Å². The monoisotopic (exact) mass is 239 g/mol. The summed E-state index contributed by atoms with van der Waals surface area (Å²) >= 11 is 11.8. The predicted octanol–water partition coefficient (Wildman–Crippen LogP) is 3.78. The highest BCUT2D eigenvalue weighted by Gasteiger charge is 2.24. The second kappa shape index (κ2) is 8.82. The highest BCUT2D eigenvalue weighted by Crippen LogP contribution is 2.14. The van der Waals surface area contributed by atoms with Gasteiger partial charge in [0.05, 0.1) is 0 Å². The third kappa shape index (κ3) is 5.43. The molecule has 1 N–H and O–H groups in total. The Morgan fingerprint density at radius 2 is 1.64 bits per heavy atom. The van der Waals surface area contributed by atoms with E-state index in [9.17, 15) is 0 Å². The summed E-state index contributed by atoms with van der Waals surface area (Å²) in [6, 6.07) is 0. The summed E-state index contributed by atoms with van der Waals surface area (Å²) in [7, 11) is 0. The van der Waals surface area contributed by atoms with Gasteiger partial charge in [-0.15, -0.1) is 23.2 Å². The normalized spacial score (nSPS) is 12.0. The highest BCUT2D eigenvalue weighted by molar-refractivity contribution is 6.22. The van der Waals surface area contributed by atoms with Gasteiger partial charge in [-0.3, -0.25) is 0 Å². The van der Waals surface area contributed by atoms with Crippen LogP contribution in [-0.4, -0.2) is 23.8 Å². The van der Waals surface area contributed by atoms with Gasteiger partial charge >= 0.3 is 0 Å². The van der Waals surface area contributed by atoms with Crippen LogP contribution >= 0.6 is 23.2 Å². The lowest BCUT2D eigenvalue weighted by atomic mass is 10.0. The van der Waals surface area contributed by atoms with Crippen LogP contribution < -0.4 is 5.32 Å². The number of nitrogens with one attached hydrogen (secondary N) is 1. The highest BCUT2D eigenvalue weighted by atomic mass is 35.5. The van der Waals surface area contributed by atoms with Crippen LogP contribution in [0.1, 0.15) is 46.0 Å². The van der Waals surface area contributed by atoms with Gasteiger partial charge in [-0.25, -0.2) is 0 Å². The number of rotatable bonds is 9. The number of unbranched alkanes of at least 4 members (excludes halogenated alkanes) is 3. The molecule has 3 heteroatoms. The summed E-state index contributed by atoms with van der Waals surface area (Å²) in [4.78, 5) is 0. The molecule has 0 heterocycles. The zero-order valence-corrected chi connectivity index (χ0v) is 10.9. The molecule has 0 saturated carbocycles. The van der Waals surface area contributed by atoms with Crippen molar-refractivity contribution in [2.45, 2.75) is 51.5 Å². The third-order valence-electron chi connectivity index (χ3n) is 2.72. The molecule has 0 fully saturated rings. The first kappa shape index (κ1) is 14.5. The first-order chi connectivity index (χ1) is 6.74. The van der Waals surface area contributed by atoms with Crippen molar-refractivity contribution in [2.24, 2.45) is 0 Å². The van der Waals surface area contributed by atoms with Gasteiger partial charge in [0.15, 0.2) is 0 Å². The molecular formula is C11H23Cl2N. The first-order valence-electron chi connectivity index (χ1n) is 5.61. The lowest BCUT2D eigenvalue weighted by molar-refractivity contribution is 0.380. The topological polar surface area (TPSA) is 12.0 Å². The lowest BCUT2D eigenvalue weighted by Crippen LogP contribution is -2.48. The molecule has 0 aliphatic carbocycles. The van der Waals surface area contributed by atoms with E-state index in [0.29, 0.717) is 11.8 Å². The molecule has 0 aliphatic rings. The quantitative estimate of drug-likeness (QED) is 0.477. The molecule has 0 atom stereocenters. The summed E-state index contributed by atoms with van der Waals surface area (Å²) in [5.74, 6) is 1.20. The maximum atomic E-state index is 5.92. The Morgan fingerprint density at radius 1 is 1.00 bits per heavy atom. The van der Waals surface area contributed by atoms with E-state index < -0.39 is 0 Å². The molecule has 0 bridgehead atoms. The van der Waals surface area contributed by atoms with E-state index in [1.165, 1.54) is 25.7 Å².